The van der Waals surface area contributed by atoms with E-state index in [0.717, 1.165) is 38.5 Å². The van der Waals surface area contributed by atoms with Crippen molar-refractivity contribution in [3.8, 4) is 0 Å². The second-order valence-corrected chi connectivity index (χ2v) is 10.4. The lowest BCUT2D eigenvalue weighted by Crippen LogP contribution is -2.62. The first kappa shape index (κ1) is 35.6. The van der Waals surface area contributed by atoms with Crippen LogP contribution in [0.4, 0.5) is 0 Å². The average Bonchev–Trinajstić information content (AvgIpc) is 2.90. The van der Waals surface area contributed by atoms with Crippen molar-refractivity contribution in [2.75, 3.05) is 13.2 Å². The molecule has 1 heterocycles. The van der Waals surface area contributed by atoms with Gasteiger partial charge in [-0.1, -0.05) is 78.1 Å². The fourth-order valence-electron chi connectivity index (χ4n) is 4.75. The second kappa shape index (κ2) is 20.4. The topological polar surface area (TPSA) is 190 Å². The van der Waals surface area contributed by atoms with Gasteiger partial charge in [-0.3, -0.25) is 0 Å². The monoisotopic (exact) mass is 554 g/mol. The Morgan fingerprint density at radius 3 is 1.84 bits per heavy atom. The number of aliphatic hydroxyl groups is 8. The van der Waals surface area contributed by atoms with Crippen LogP contribution >= 0.6 is 0 Å². The maximum Gasteiger partial charge on any atom is 0.186 e. The Hall–Kier alpha value is -0.440. The minimum atomic E-state index is -2.08. The number of unbranched alkanes of at least 4 members (excludes halogenated alkanes) is 8. The van der Waals surface area contributed by atoms with E-state index >= 15 is 0 Å². The van der Waals surface area contributed by atoms with Crippen molar-refractivity contribution < 1.29 is 55.1 Å². The molecule has 11 heteroatoms. The minimum absolute atomic E-state index is 0.205. The summed E-state index contributed by atoms with van der Waals surface area (Å²) in [5, 5.41) is 80.0. The highest BCUT2D eigenvalue weighted by Crippen LogP contribution is 2.28. The molecule has 1 rings (SSSR count). The third-order valence-corrected chi connectivity index (χ3v) is 7.15. The Bertz CT molecular complexity index is 567. The summed E-state index contributed by atoms with van der Waals surface area (Å²) in [6.07, 6.45) is -1.77. The van der Waals surface area contributed by atoms with E-state index in [1.165, 1.54) is 38.5 Å². The highest BCUT2D eigenvalue weighted by molar-refractivity contribution is 4.91. The van der Waals surface area contributed by atoms with Crippen LogP contribution < -0.4 is 0 Å². The Kier molecular flexibility index (Phi) is 19.1. The van der Waals surface area contributed by atoms with E-state index in [1.807, 2.05) is 6.92 Å². The molecule has 1 aliphatic heterocycles. The van der Waals surface area contributed by atoms with Crippen LogP contribution in [0.15, 0.2) is 0 Å². The summed E-state index contributed by atoms with van der Waals surface area (Å²) in [5.74, 6) is 0. The highest BCUT2D eigenvalue weighted by Gasteiger charge is 2.48. The molecule has 0 bridgehead atoms. The van der Waals surface area contributed by atoms with Crippen LogP contribution in [-0.4, -0.2) is 115 Å². The molecule has 228 valence electrons. The number of aliphatic hydroxyl groups excluding tert-OH is 8. The molecule has 0 aromatic carbocycles. The molecule has 5 unspecified atom stereocenters. The van der Waals surface area contributed by atoms with Crippen molar-refractivity contribution in [3.05, 3.63) is 0 Å². The predicted molar refractivity (Wildman–Crippen MR) is 140 cm³/mol. The molecule has 0 aromatic rings. The zero-order chi connectivity index (χ0) is 28.5. The van der Waals surface area contributed by atoms with Gasteiger partial charge < -0.3 is 55.1 Å². The van der Waals surface area contributed by atoms with Crippen molar-refractivity contribution in [2.24, 2.45) is 0 Å². The van der Waals surface area contributed by atoms with E-state index in [9.17, 15) is 35.7 Å². The summed E-state index contributed by atoms with van der Waals surface area (Å²) in [5.41, 5.74) is 0. The van der Waals surface area contributed by atoms with Crippen molar-refractivity contribution in [2.45, 2.75) is 159 Å². The van der Waals surface area contributed by atoms with Gasteiger partial charge in [0.15, 0.2) is 12.6 Å². The predicted octanol–water partition coefficient (Wildman–Crippen LogP) is 0.700. The Morgan fingerprint density at radius 2 is 1.29 bits per heavy atom. The summed E-state index contributed by atoms with van der Waals surface area (Å²) in [6.45, 7) is 3.15. The fraction of sp³-hybridized carbons (Fsp3) is 1.00. The quantitative estimate of drug-likeness (QED) is 0.0694. The maximum atomic E-state index is 10.7. The van der Waals surface area contributed by atoms with Crippen molar-refractivity contribution in [1.82, 2.24) is 0 Å². The van der Waals surface area contributed by atoms with Gasteiger partial charge in [0.05, 0.1) is 18.8 Å². The lowest BCUT2D eigenvalue weighted by molar-refractivity contribution is -0.340. The zero-order valence-corrected chi connectivity index (χ0v) is 23.2. The number of hydrogen-bond acceptors (Lipinski definition) is 11. The lowest BCUT2D eigenvalue weighted by atomic mass is 9.98. The molecule has 0 saturated carbocycles. The summed E-state index contributed by atoms with van der Waals surface area (Å²) in [4.78, 5) is 0. The van der Waals surface area contributed by atoms with Gasteiger partial charge in [-0.05, 0) is 19.3 Å². The molecule has 0 radical (unpaired) electrons. The Labute approximate surface area is 227 Å². The van der Waals surface area contributed by atoms with Crippen molar-refractivity contribution in [3.63, 3.8) is 0 Å². The van der Waals surface area contributed by atoms with Gasteiger partial charge in [0.1, 0.15) is 36.6 Å². The molecule has 1 saturated heterocycles. The Morgan fingerprint density at radius 1 is 0.684 bits per heavy atom. The highest BCUT2D eigenvalue weighted by atomic mass is 16.7. The number of hydrogen-bond donors (Lipinski definition) is 8. The van der Waals surface area contributed by atoms with E-state index in [4.69, 9.17) is 19.3 Å². The summed E-state index contributed by atoms with van der Waals surface area (Å²) in [6, 6.07) is 0. The molecule has 1 aliphatic rings. The largest absolute Gasteiger partial charge is 0.396 e. The average molecular weight is 555 g/mol. The van der Waals surface area contributed by atoms with Gasteiger partial charge in [-0.2, -0.15) is 0 Å². The third-order valence-electron chi connectivity index (χ3n) is 7.15. The number of rotatable bonds is 22. The summed E-state index contributed by atoms with van der Waals surface area (Å²) < 4.78 is 16.9. The van der Waals surface area contributed by atoms with Crippen LogP contribution in [0.5, 0.6) is 0 Å². The molecular formula is C27H54O11. The van der Waals surface area contributed by atoms with E-state index < -0.39 is 68.5 Å². The lowest BCUT2D eigenvalue weighted by Gasteiger charge is -2.43. The van der Waals surface area contributed by atoms with E-state index in [-0.39, 0.29) is 12.5 Å². The molecule has 10 atom stereocenters. The summed E-state index contributed by atoms with van der Waals surface area (Å²) in [7, 11) is 0. The van der Waals surface area contributed by atoms with Crippen LogP contribution in [0.2, 0.25) is 0 Å². The summed E-state index contributed by atoms with van der Waals surface area (Å²) >= 11 is 0. The van der Waals surface area contributed by atoms with Crippen LogP contribution in [0, 0.1) is 0 Å². The molecule has 8 N–H and O–H groups in total. The first-order valence-electron chi connectivity index (χ1n) is 14.5. The molecule has 0 aromatic heterocycles. The standard InChI is InChI=1S/C27H54O11/c1-3-5-6-7-8-9-10-11-12-14-18(13-4-2)36-27-24(34)22(32)25(20(17-29)37-27)38-26(35)23(33)21(31)19(30)15-16-28/h18-35H,3-17H2,1-2H3/t18?,19-,20?,21?,22?,23+,24?,25-,26-,27-/m1/s1. The molecule has 0 spiro atoms. The van der Waals surface area contributed by atoms with Gasteiger partial charge in [0, 0.05) is 6.61 Å². The molecule has 0 amide bonds. The first-order chi connectivity index (χ1) is 18.2. The van der Waals surface area contributed by atoms with E-state index in [1.54, 1.807) is 0 Å². The van der Waals surface area contributed by atoms with Gasteiger partial charge in [-0.25, -0.2) is 0 Å². The van der Waals surface area contributed by atoms with Gasteiger partial charge in [0.2, 0.25) is 0 Å². The van der Waals surface area contributed by atoms with Crippen LogP contribution in [0.25, 0.3) is 0 Å². The van der Waals surface area contributed by atoms with Crippen LogP contribution in [0.1, 0.15) is 97.3 Å². The maximum absolute atomic E-state index is 10.7. The number of ether oxygens (including phenoxy) is 3. The van der Waals surface area contributed by atoms with Crippen LogP contribution in [-0.2, 0) is 14.2 Å². The zero-order valence-electron chi connectivity index (χ0n) is 23.2. The first-order valence-corrected chi connectivity index (χ1v) is 14.5. The fourth-order valence-corrected chi connectivity index (χ4v) is 4.75. The third kappa shape index (κ3) is 12.4. The van der Waals surface area contributed by atoms with Gasteiger partial charge in [-0.15, -0.1) is 0 Å². The molecule has 11 nitrogen and oxygen atoms in total. The van der Waals surface area contributed by atoms with Crippen molar-refractivity contribution in [1.29, 1.82) is 0 Å². The van der Waals surface area contributed by atoms with Crippen molar-refractivity contribution >= 4 is 0 Å². The van der Waals surface area contributed by atoms with Crippen LogP contribution in [0.3, 0.4) is 0 Å². The molecule has 38 heavy (non-hydrogen) atoms. The van der Waals surface area contributed by atoms with Gasteiger partial charge >= 0.3 is 0 Å². The molecular weight excluding hydrogens is 500 g/mol. The SMILES string of the molecule is CCCCCCCCCCCC(CCC)O[C@@H]1OC(CO)[C@@H](O[C@@H](O)[C@@H](O)C(O)[C@H](O)CCO)C(O)C1O. The normalized spacial score (nSPS) is 28.1. The Balaban J connectivity index is 2.60. The van der Waals surface area contributed by atoms with Gasteiger partial charge in [0.25, 0.3) is 0 Å². The van der Waals surface area contributed by atoms with E-state index in [0.29, 0.717) is 0 Å². The van der Waals surface area contributed by atoms with E-state index in [2.05, 4.69) is 6.92 Å². The minimum Gasteiger partial charge on any atom is -0.396 e. The molecule has 0 aliphatic carbocycles. The molecule has 1 fully saturated rings. The second-order valence-electron chi connectivity index (χ2n) is 10.4. The smallest absolute Gasteiger partial charge is 0.186 e.